The molecule has 1 N–H and O–H groups in total. The van der Waals surface area contributed by atoms with Gasteiger partial charge < -0.3 is 5.11 Å². The van der Waals surface area contributed by atoms with Crippen LogP contribution < -0.4 is 0 Å². The molecule has 2 fully saturated rings. The van der Waals surface area contributed by atoms with Crippen molar-refractivity contribution in [3.8, 4) is 0 Å². The Labute approximate surface area is 97.2 Å². The van der Waals surface area contributed by atoms with Gasteiger partial charge in [0.05, 0.1) is 6.61 Å². The van der Waals surface area contributed by atoms with Gasteiger partial charge in [0.1, 0.15) is 0 Å². The third kappa shape index (κ3) is 2.25. The minimum absolute atomic E-state index is 0.0717. The van der Waals surface area contributed by atoms with Gasteiger partial charge in [0.15, 0.2) is 0 Å². The highest BCUT2D eigenvalue weighted by molar-refractivity contribution is 7.86. The van der Waals surface area contributed by atoms with E-state index in [9.17, 15) is 13.5 Å². The van der Waals surface area contributed by atoms with E-state index in [-0.39, 0.29) is 18.7 Å². The van der Waals surface area contributed by atoms with Crippen LogP contribution >= 0.6 is 0 Å². The molecule has 5 nitrogen and oxygen atoms in total. The van der Waals surface area contributed by atoms with Gasteiger partial charge in [0.25, 0.3) is 10.2 Å². The number of rotatable bonds is 4. The fourth-order valence-corrected chi connectivity index (χ4v) is 4.08. The molecule has 0 aromatic rings. The van der Waals surface area contributed by atoms with E-state index < -0.39 is 10.2 Å². The first kappa shape index (κ1) is 12.3. The molecule has 16 heavy (non-hydrogen) atoms. The average Bonchev–Trinajstić information content (AvgIpc) is 3.11. The van der Waals surface area contributed by atoms with Gasteiger partial charge in [-0.3, -0.25) is 0 Å². The molecular weight excluding hydrogens is 228 g/mol. The van der Waals surface area contributed by atoms with E-state index in [1.807, 2.05) is 0 Å². The minimum atomic E-state index is -3.35. The van der Waals surface area contributed by atoms with Crippen LogP contribution in [0.25, 0.3) is 0 Å². The molecule has 0 bridgehead atoms. The van der Waals surface area contributed by atoms with Crippen LogP contribution in [0.4, 0.5) is 0 Å². The zero-order valence-corrected chi connectivity index (χ0v) is 10.5. The summed E-state index contributed by atoms with van der Waals surface area (Å²) >= 11 is 0. The van der Waals surface area contributed by atoms with E-state index in [0.29, 0.717) is 6.54 Å². The van der Waals surface area contributed by atoms with Crippen LogP contribution in [0.2, 0.25) is 0 Å². The second-order valence-electron chi connectivity index (χ2n) is 4.70. The Hall–Kier alpha value is -0.170. The predicted octanol–water partition coefficient (Wildman–Crippen LogP) is 0.172. The summed E-state index contributed by atoms with van der Waals surface area (Å²) in [6.07, 6.45) is 4.60. The van der Waals surface area contributed by atoms with Crippen molar-refractivity contribution in [2.45, 2.75) is 44.2 Å². The zero-order chi connectivity index (χ0) is 11.8. The number of hydrogen-bond donors (Lipinski definition) is 1. The van der Waals surface area contributed by atoms with Crippen molar-refractivity contribution < 1.29 is 13.5 Å². The van der Waals surface area contributed by atoms with Crippen LogP contribution in [0.15, 0.2) is 0 Å². The molecule has 1 aliphatic carbocycles. The maximum Gasteiger partial charge on any atom is 0.282 e. The van der Waals surface area contributed by atoms with Crippen molar-refractivity contribution in [1.29, 1.82) is 0 Å². The standard InChI is InChI=1S/C10H20N2O3S/c1-11(9-5-6-9)16(14,15)12-7-3-2-4-10(12)8-13/h9-10,13H,2-8H2,1H3. The zero-order valence-electron chi connectivity index (χ0n) is 9.67. The Kier molecular flexibility index (Phi) is 3.53. The Morgan fingerprint density at radius 1 is 1.31 bits per heavy atom. The summed E-state index contributed by atoms with van der Waals surface area (Å²) < 4.78 is 27.5. The summed E-state index contributed by atoms with van der Waals surface area (Å²) in [6.45, 7) is 0.475. The minimum Gasteiger partial charge on any atom is -0.395 e. The van der Waals surface area contributed by atoms with Gasteiger partial charge >= 0.3 is 0 Å². The van der Waals surface area contributed by atoms with E-state index in [0.717, 1.165) is 32.1 Å². The fraction of sp³-hybridized carbons (Fsp3) is 1.00. The molecule has 1 unspecified atom stereocenters. The van der Waals surface area contributed by atoms with Gasteiger partial charge in [-0.25, -0.2) is 0 Å². The van der Waals surface area contributed by atoms with Crippen molar-refractivity contribution in [3.05, 3.63) is 0 Å². The van der Waals surface area contributed by atoms with Crippen LogP contribution in [0.5, 0.6) is 0 Å². The lowest BCUT2D eigenvalue weighted by Gasteiger charge is -2.36. The third-order valence-electron chi connectivity index (χ3n) is 3.51. The maximum atomic E-state index is 12.3. The van der Waals surface area contributed by atoms with Gasteiger partial charge in [-0.2, -0.15) is 17.0 Å². The van der Waals surface area contributed by atoms with E-state index >= 15 is 0 Å². The van der Waals surface area contributed by atoms with Gasteiger partial charge in [0.2, 0.25) is 0 Å². The van der Waals surface area contributed by atoms with Gasteiger partial charge in [0, 0.05) is 25.7 Å². The number of hydrogen-bond acceptors (Lipinski definition) is 3. The first-order chi connectivity index (χ1) is 7.57. The molecule has 1 heterocycles. The molecule has 2 aliphatic rings. The van der Waals surface area contributed by atoms with Crippen molar-refractivity contribution in [3.63, 3.8) is 0 Å². The van der Waals surface area contributed by atoms with E-state index in [4.69, 9.17) is 0 Å². The smallest absolute Gasteiger partial charge is 0.282 e. The van der Waals surface area contributed by atoms with Crippen LogP contribution in [-0.2, 0) is 10.2 Å². The maximum absolute atomic E-state index is 12.3. The van der Waals surface area contributed by atoms with Gasteiger partial charge in [-0.1, -0.05) is 6.42 Å². The molecule has 94 valence electrons. The van der Waals surface area contributed by atoms with E-state index in [2.05, 4.69) is 0 Å². The van der Waals surface area contributed by atoms with Crippen molar-refractivity contribution in [2.24, 2.45) is 0 Å². The molecule has 1 aliphatic heterocycles. The monoisotopic (exact) mass is 248 g/mol. The summed E-state index contributed by atoms with van der Waals surface area (Å²) in [6, 6.07) is -0.0359. The summed E-state index contributed by atoms with van der Waals surface area (Å²) in [5, 5.41) is 9.24. The normalized spacial score (nSPS) is 28.6. The molecule has 2 rings (SSSR count). The highest BCUT2D eigenvalue weighted by Crippen LogP contribution is 2.31. The Morgan fingerprint density at radius 2 is 2.00 bits per heavy atom. The summed E-state index contributed by atoms with van der Waals surface area (Å²) in [5.74, 6) is 0. The molecule has 0 aromatic heterocycles. The quantitative estimate of drug-likeness (QED) is 0.771. The van der Waals surface area contributed by atoms with Gasteiger partial charge in [-0.05, 0) is 25.7 Å². The second kappa shape index (κ2) is 4.60. The third-order valence-corrected chi connectivity index (χ3v) is 5.60. The molecule has 0 amide bonds. The lowest BCUT2D eigenvalue weighted by Crippen LogP contribution is -2.51. The van der Waals surface area contributed by atoms with E-state index in [1.165, 1.54) is 8.61 Å². The van der Waals surface area contributed by atoms with Crippen molar-refractivity contribution in [1.82, 2.24) is 8.61 Å². The molecule has 1 atom stereocenters. The van der Waals surface area contributed by atoms with Gasteiger partial charge in [-0.15, -0.1) is 0 Å². The molecular formula is C10H20N2O3S. The van der Waals surface area contributed by atoms with Crippen LogP contribution in [0.1, 0.15) is 32.1 Å². The van der Waals surface area contributed by atoms with Crippen LogP contribution in [0, 0.1) is 0 Å². The van der Waals surface area contributed by atoms with Crippen LogP contribution in [0.3, 0.4) is 0 Å². The molecule has 1 saturated heterocycles. The number of piperidine rings is 1. The lowest BCUT2D eigenvalue weighted by molar-refractivity contribution is 0.148. The molecule has 1 saturated carbocycles. The van der Waals surface area contributed by atoms with Crippen molar-refractivity contribution >= 4 is 10.2 Å². The Bertz CT molecular complexity index is 340. The highest BCUT2D eigenvalue weighted by Gasteiger charge is 2.40. The SMILES string of the molecule is CN(C1CC1)S(=O)(=O)N1CCCCC1CO. The number of aliphatic hydroxyl groups excluding tert-OH is 1. The predicted molar refractivity (Wildman–Crippen MR) is 61.1 cm³/mol. The first-order valence-corrected chi connectivity index (χ1v) is 7.32. The fourth-order valence-electron chi connectivity index (χ4n) is 2.25. The first-order valence-electron chi connectivity index (χ1n) is 5.93. The second-order valence-corrected chi connectivity index (χ2v) is 6.64. The number of aliphatic hydroxyl groups is 1. The highest BCUT2D eigenvalue weighted by atomic mass is 32.2. The van der Waals surface area contributed by atoms with E-state index in [1.54, 1.807) is 7.05 Å². The summed E-state index contributed by atoms with van der Waals surface area (Å²) in [5.41, 5.74) is 0. The summed E-state index contributed by atoms with van der Waals surface area (Å²) in [4.78, 5) is 0. The van der Waals surface area contributed by atoms with Crippen LogP contribution in [-0.4, -0.2) is 54.4 Å². The average molecular weight is 248 g/mol. The van der Waals surface area contributed by atoms with Crippen molar-refractivity contribution in [2.75, 3.05) is 20.2 Å². The molecule has 0 spiro atoms. The Balaban J connectivity index is 2.13. The molecule has 0 aromatic carbocycles. The largest absolute Gasteiger partial charge is 0.395 e. The summed E-state index contributed by atoms with van der Waals surface area (Å²) in [7, 11) is -1.70. The number of nitrogens with zero attached hydrogens (tertiary/aromatic N) is 2. The molecule has 0 radical (unpaired) electrons. The lowest BCUT2D eigenvalue weighted by atomic mass is 10.1. The topological polar surface area (TPSA) is 60.9 Å². The Morgan fingerprint density at radius 3 is 2.56 bits per heavy atom. The molecule has 6 heteroatoms.